The summed E-state index contributed by atoms with van der Waals surface area (Å²) in [4.78, 5) is 0. The fraction of sp³-hybridized carbons (Fsp3) is 0.250. The molecule has 5 aromatic rings. The second-order valence-electron chi connectivity index (χ2n) is 13.3. The van der Waals surface area contributed by atoms with Crippen LogP contribution in [0.3, 0.4) is 0 Å². The first-order chi connectivity index (χ1) is 19.9. The maximum atomic E-state index is 2.42. The predicted molar refractivity (Wildman–Crippen MR) is 191 cm³/mol. The summed E-state index contributed by atoms with van der Waals surface area (Å²) < 4.78 is 0. The smallest absolute Gasteiger partial charge is 0.00674 e. The first kappa shape index (κ1) is 30.4. The average molecular weight is 587 g/mol. The van der Waals surface area contributed by atoms with E-state index < -0.39 is 15.8 Å². The van der Waals surface area contributed by atoms with Crippen molar-refractivity contribution in [2.75, 3.05) is 0 Å². The van der Waals surface area contributed by atoms with Gasteiger partial charge in [0, 0.05) is 0 Å². The highest BCUT2D eigenvalue weighted by Gasteiger charge is 2.28. The summed E-state index contributed by atoms with van der Waals surface area (Å²) in [5.41, 5.74) is 5.77. The highest BCUT2D eigenvalue weighted by atomic mass is 31.1. The molecule has 0 aliphatic carbocycles. The summed E-state index contributed by atoms with van der Waals surface area (Å²) in [6, 6.07) is 46.0. The van der Waals surface area contributed by atoms with Gasteiger partial charge in [-0.25, -0.2) is 0 Å². The topological polar surface area (TPSA) is 0 Å². The second-order valence-corrected chi connectivity index (χ2v) is 17.6. The molecule has 0 aliphatic rings. The molecular weight excluding hydrogens is 542 g/mol. The van der Waals surface area contributed by atoms with Crippen LogP contribution >= 0.6 is 15.8 Å². The number of hydrogen-bond acceptors (Lipinski definition) is 0. The van der Waals surface area contributed by atoms with Gasteiger partial charge in [-0.3, -0.25) is 0 Å². The molecule has 5 aromatic carbocycles. The summed E-state index contributed by atoms with van der Waals surface area (Å²) in [6.07, 6.45) is 0. The molecule has 2 atom stereocenters. The van der Waals surface area contributed by atoms with Gasteiger partial charge in [-0.2, -0.15) is 0 Å². The molecule has 0 fully saturated rings. The fourth-order valence-electron chi connectivity index (χ4n) is 5.56. The van der Waals surface area contributed by atoms with Crippen LogP contribution in [0.2, 0.25) is 0 Å². The second kappa shape index (κ2) is 12.3. The Kier molecular flexibility index (Phi) is 8.90. The van der Waals surface area contributed by atoms with E-state index in [0.717, 1.165) is 0 Å². The lowest BCUT2D eigenvalue weighted by molar-refractivity contribution is 0.589. The van der Waals surface area contributed by atoms with Crippen molar-refractivity contribution >= 4 is 47.7 Å². The van der Waals surface area contributed by atoms with Crippen LogP contribution in [0, 0.1) is 13.8 Å². The lowest BCUT2D eigenvalue weighted by atomic mass is 9.86. The van der Waals surface area contributed by atoms with Gasteiger partial charge < -0.3 is 0 Å². The highest BCUT2D eigenvalue weighted by Crippen LogP contribution is 2.41. The van der Waals surface area contributed by atoms with E-state index in [1.807, 2.05) is 0 Å². The van der Waals surface area contributed by atoms with Crippen molar-refractivity contribution in [3.05, 3.63) is 144 Å². The van der Waals surface area contributed by atoms with E-state index in [9.17, 15) is 0 Å². The Hall–Kier alpha value is -3.04. The van der Waals surface area contributed by atoms with E-state index in [1.54, 1.807) is 0 Å². The van der Waals surface area contributed by atoms with Crippen LogP contribution in [0.15, 0.2) is 121 Å². The van der Waals surface area contributed by atoms with Crippen molar-refractivity contribution < 1.29 is 0 Å². The van der Waals surface area contributed by atoms with E-state index in [2.05, 4.69) is 177 Å². The molecule has 2 heteroatoms. The van der Waals surface area contributed by atoms with E-state index in [0.29, 0.717) is 0 Å². The molecule has 0 saturated carbocycles. The van der Waals surface area contributed by atoms with Crippen molar-refractivity contribution in [2.45, 2.75) is 66.2 Å². The first-order valence-corrected chi connectivity index (χ1v) is 17.6. The molecule has 0 heterocycles. The molecule has 214 valence electrons. The molecule has 0 aliphatic heterocycles. The SMILES string of the molecule is Cc1cc(C(C)(C)C)ccc1P(c1ccccc1)c1ccccc1P(c1ccccc1)c1ccc(C(C)(C)C)cc1C. The van der Waals surface area contributed by atoms with Crippen molar-refractivity contribution in [3.8, 4) is 0 Å². The Morgan fingerprint density at radius 2 is 0.714 bits per heavy atom. The third-order valence-electron chi connectivity index (χ3n) is 8.00. The third-order valence-corrected chi connectivity index (χ3v) is 13.5. The Bertz CT molecular complexity index is 1530. The minimum atomic E-state index is -0.767. The van der Waals surface area contributed by atoms with Crippen molar-refractivity contribution in [1.82, 2.24) is 0 Å². The number of aryl methyl sites for hydroxylation is 2. The minimum absolute atomic E-state index is 0.120. The molecule has 0 N–H and O–H groups in total. The predicted octanol–water partition coefficient (Wildman–Crippen LogP) is 8.41. The molecule has 0 saturated heterocycles. The molecule has 0 bridgehead atoms. The molecule has 5 rings (SSSR count). The fourth-order valence-corrected chi connectivity index (χ4v) is 11.1. The van der Waals surface area contributed by atoms with E-state index in [-0.39, 0.29) is 10.8 Å². The van der Waals surface area contributed by atoms with Crippen molar-refractivity contribution in [1.29, 1.82) is 0 Å². The van der Waals surface area contributed by atoms with Crippen LogP contribution in [-0.4, -0.2) is 0 Å². The molecule has 42 heavy (non-hydrogen) atoms. The highest BCUT2D eigenvalue weighted by molar-refractivity contribution is 7.85. The van der Waals surface area contributed by atoms with Gasteiger partial charge in [0.1, 0.15) is 0 Å². The maximum absolute atomic E-state index is 2.42. The van der Waals surface area contributed by atoms with Gasteiger partial charge >= 0.3 is 0 Å². The molecular formula is C40H44P2. The third kappa shape index (κ3) is 6.47. The Balaban J connectivity index is 1.76. The van der Waals surface area contributed by atoms with Gasteiger partial charge in [0.15, 0.2) is 0 Å². The van der Waals surface area contributed by atoms with Crippen LogP contribution in [0.25, 0.3) is 0 Å². The van der Waals surface area contributed by atoms with Gasteiger partial charge in [0.05, 0.1) is 0 Å². The molecule has 0 amide bonds. The van der Waals surface area contributed by atoms with Crippen LogP contribution < -0.4 is 31.8 Å². The van der Waals surface area contributed by atoms with E-state index in [4.69, 9.17) is 0 Å². The van der Waals surface area contributed by atoms with Crippen LogP contribution in [-0.2, 0) is 10.8 Å². The van der Waals surface area contributed by atoms with Crippen LogP contribution in [0.5, 0.6) is 0 Å². The quantitative estimate of drug-likeness (QED) is 0.175. The number of rotatable bonds is 6. The van der Waals surface area contributed by atoms with E-state index in [1.165, 1.54) is 54.1 Å². The molecule has 0 nitrogen and oxygen atoms in total. The standard InChI is InChI=1S/C40H44P2/c1-29-27-31(39(3,4)5)23-25-35(29)41(33-17-11-9-12-18-33)37-21-15-16-22-38(37)42(34-19-13-10-14-20-34)36-26-24-32(28-30(36)2)40(6,7)8/h9-28H,1-8H3. The minimum Gasteiger partial charge on any atom is -0.0622 e. The molecule has 0 aromatic heterocycles. The summed E-state index contributed by atoms with van der Waals surface area (Å²) in [5, 5.41) is 8.60. The largest absolute Gasteiger partial charge is 0.0622 e. The molecule has 0 radical (unpaired) electrons. The summed E-state index contributed by atoms with van der Waals surface area (Å²) in [5.74, 6) is 0. The average Bonchev–Trinajstić information content (AvgIpc) is 2.96. The number of benzene rings is 5. The van der Waals surface area contributed by atoms with Gasteiger partial charge in [0.2, 0.25) is 0 Å². The monoisotopic (exact) mass is 586 g/mol. The van der Waals surface area contributed by atoms with Gasteiger partial charge in [-0.05, 0) is 94.6 Å². The molecule has 2 unspecified atom stereocenters. The summed E-state index contributed by atoms with van der Waals surface area (Å²) >= 11 is 0. The lowest BCUT2D eigenvalue weighted by Crippen LogP contribution is -2.35. The van der Waals surface area contributed by atoms with Crippen LogP contribution in [0.1, 0.15) is 63.8 Å². The molecule has 0 spiro atoms. The number of hydrogen-bond donors (Lipinski definition) is 0. The zero-order valence-corrected chi connectivity index (χ0v) is 28.2. The Morgan fingerprint density at radius 1 is 0.381 bits per heavy atom. The zero-order chi connectivity index (χ0) is 30.1. The van der Waals surface area contributed by atoms with Crippen LogP contribution in [0.4, 0.5) is 0 Å². The van der Waals surface area contributed by atoms with Crippen molar-refractivity contribution in [2.24, 2.45) is 0 Å². The maximum Gasteiger partial charge on any atom is -0.00674 e. The Labute approximate surface area is 256 Å². The normalized spacial score (nSPS) is 13.5. The van der Waals surface area contributed by atoms with Gasteiger partial charge in [0.25, 0.3) is 0 Å². The Morgan fingerprint density at radius 3 is 1.02 bits per heavy atom. The van der Waals surface area contributed by atoms with Crippen molar-refractivity contribution in [3.63, 3.8) is 0 Å². The van der Waals surface area contributed by atoms with Gasteiger partial charge in [-0.1, -0.05) is 163 Å². The summed E-state index contributed by atoms with van der Waals surface area (Å²) in [7, 11) is -1.53. The lowest BCUT2D eigenvalue weighted by Gasteiger charge is -2.30. The first-order valence-electron chi connectivity index (χ1n) is 15.0. The van der Waals surface area contributed by atoms with Gasteiger partial charge in [-0.15, -0.1) is 0 Å². The zero-order valence-electron chi connectivity index (χ0n) is 26.4. The summed E-state index contributed by atoms with van der Waals surface area (Å²) in [6.45, 7) is 18.4. The van der Waals surface area contributed by atoms with E-state index >= 15 is 0 Å².